The van der Waals surface area contributed by atoms with Crippen LogP contribution in [0.25, 0.3) is 0 Å². The van der Waals surface area contributed by atoms with Crippen molar-refractivity contribution in [3.63, 3.8) is 0 Å². The molecule has 0 radical (unpaired) electrons. The van der Waals surface area contributed by atoms with Gasteiger partial charge in [0.25, 0.3) is 0 Å². The van der Waals surface area contributed by atoms with Crippen molar-refractivity contribution >= 4 is 15.9 Å². The Bertz CT molecular complexity index is 567. The molecular formula is C15H22BrN5. The van der Waals surface area contributed by atoms with Crippen LogP contribution in [0.3, 0.4) is 0 Å². The molecule has 2 heterocycles. The molecule has 0 bridgehead atoms. The van der Waals surface area contributed by atoms with E-state index in [0.717, 1.165) is 41.8 Å². The minimum atomic E-state index is 0.0996. The van der Waals surface area contributed by atoms with Crippen molar-refractivity contribution in [1.82, 2.24) is 25.1 Å². The van der Waals surface area contributed by atoms with Crippen LogP contribution in [0.2, 0.25) is 0 Å². The average molecular weight is 352 g/mol. The average Bonchev–Trinajstić information content (AvgIpc) is 2.79. The zero-order valence-corrected chi connectivity index (χ0v) is 14.4. The lowest BCUT2D eigenvalue weighted by molar-refractivity contribution is 0.489. The summed E-state index contributed by atoms with van der Waals surface area (Å²) in [6, 6.07) is 1.94. The van der Waals surface area contributed by atoms with Crippen molar-refractivity contribution in [3.8, 4) is 0 Å². The molecule has 0 aliphatic heterocycles. The Morgan fingerprint density at radius 2 is 2.00 bits per heavy atom. The molecule has 21 heavy (non-hydrogen) atoms. The Kier molecular flexibility index (Phi) is 5.87. The van der Waals surface area contributed by atoms with E-state index < -0.39 is 0 Å². The van der Waals surface area contributed by atoms with Gasteiger partial charge in [0.2, 0.25) is 0 Å². The molecule has 114 valence electrons. The van der Waals surface area contributed by atoms with E-state index in [4.69, 9.17) is 0 Å². The van der Waals surface area contributed by atoms with Crippen LogP contribution in [0.15, 0.2) is 22.9 Å². The Labute approximate surface area is 134 Å². The van der Waals surface area contributed by atoms with E-state index in [9.17, 15) is 0 Å². The Hall–Kier alpha value is -1.27. The van der Waals surface area contributed by atoms with Crippen molar-refractivity contribution in [2.75, 3.05) is 6.54 Å². The first-order chi connectivity index (χ1) is 10.2. The maximum absolute atomic E-state index is 4.56. The number of aromatic nitrogens is 4. The van der Waals surface area contributed by atoms with Crippen molar-refractivity contribution in [2.24, 2.45) is 7.05 Å². The summed E-state index contributed by atoms with van der Waals surface area (Å²) < 4.78 is 3.05. The number of nitrogens with zero attached hydrogens (tertiary/aromatic N) is 4. The second kappa shape index (κ2) is 7.66. The molecule has 0 aromatic carbocycles. The molecule has 0 fully saturated rings. The Balaban J connectivity index is 2.25. The number of aryl methyl sites for hydroxylation is 2. The summed E-state index contributed by atoms with van der Waals surface area (Å²) in [5.41, 5.74) is 2.27. The SMILES string of the molecule is CCCNC(Cc1c(Br)c(CC)nn1C)c1ncccn1. The summed E-state index contributed by atoms with van der Waals surface area (Å²) in [6.45, 7) is 5.22. The van der Waals surface area contributed by atoms with Crippen molar-refractivity contribution in [3.05, 3.63) is 40.1 Å². The van der Waals surface area contributed by atoms with E-state index >= 15 is 0 Å². The largest absolute Gasteiger partial charge is 0.307 e. The van der Waals surface area contributed by atoms with E-state index in [1.807, 2.05) is 17.8 Å². The summed E-state index contributed by atoms with van der Waals surface area (Å²) in [4.78, 5) is 8.79. The first kappa shape index (κ1) is 16.1. The highest BCUT2D eigenvalue weighted by Gasteiger charge is 2.20. The van der Waals surface area contributed by atoms with E-state index in [0.29, 0.717) is 0 Å². The summed E-state index contributed by atoms with van der Waals surface area (Å²) >= 11 is 3.68. The molecule has 0 aliphatic rings. The van der Waals surface area contributed by atoms with Crippen molar-refractivity contribution in [1.29, 1.82) is 0 Å². The zero-order chi connectivity index (χ0) is 15.2. The second-order valence-electron chi connectivity index (χ2n) is 5.00. The third kappa shape index (κ3) is 3.89. The maximum Gasteiger partial charge on any atom is 0.145 e. The normalized spacial score (nSPS) is 12.6. The van der Waals surface area contributed by atoms with Gasteiger partial charge in [-0.15, -0.1) is 0 Å². The summed E-state index contributed by atoms with van der Waals surface area (Å²) in [6.07, 6.45) is 6.39. The van der Waals surface area contributed by atoms with E-state index in [1.165, 1.54) is 5.69 Å². The molecule has 0 spiro atoms. The number of hydrogen-bond donors (Lipinski definition) is 1. The van der Waals surface area contributed by atoms with Crippen LogP contribution in [0.1, 0.15) is 43.5 Å². The van der Waals surface area contributed by atoms with Gasteiger partial charge >= 0.3 is 0 Å². The monoisotopic (exact) mass is 351 g/mol. The predicted molar refractivity (Wildman–Crippen MR) is 87.1 cm³/mol. The van der Waals surface area contributed by atoms with Gasteiger partial charge in [0.05, 0.1) is 21.9 Å². The van der Waals surface area contributed by atoms with Crippen LogP contribution < -0.4 is 5.32 Å². The van der Waals surface area contributed by atoms with Gasteiger partial charge in [0.15, 0.2) is 0 Å². The van der Waals surface area contributed by atoms with Crippen LogP contribution in [0.4, 0.5) is 0 Å². The van der Waals surface area contributed by atoms with Crippen LogP contribution in [0, 0.1) is 0 Å². The van der Waals surface area contributed by atoms with Crippen LogP contribution in [0.5, 0.6) is 0 Å². The molecule has 5 nitrogen and oxygen atoms in total. The molecule has 1 N–H and O–H groups in total. The van der Waals surface area contributed by atoms with Gasteiger partial charge in [-0.3, -0.25) is 4.68 Å². The van der Waals surface area contributed by atoms with Gasteiger partial charge in [-0.25, -0.2) is 9.97 Å². The van der Waals surface area contributed by atoms with Gasteiger partial charge < -0.3 is 5.32 Å². The first-order valence-electron chi connectivity index (χ1n) is 7.37. The first-order valence-corrected chi connectivity index (χ1v) is 8.17. The van der Waals surface area contributed by atoms with Crippen molar-refractivity contribution < 1.29 is 0 Å². The highest BCUT2D eigenvalue weighted by Crippen LogP contribution is 2.25. The quantitative estimate of drug-likeness (QED) is 0.833. The second-order valence-corrected chi connectivity index (χ2v) is 5.80. The predicted octanol–water partition coefficient (Wildman–Crippen LogP) is 2.82. The third-order valence-electron chi connectivity index (χ3n) is 3.44. The Morgan fingerprint density at radius 1 is 1.29 bits per heavy atom. The van der Waals surface area contributed by atoms with E-state index in [2.05, 4.69) is 50.2 Å². The molecule has 6 heteroatoms. The third-order valence-corrected chi connectivity index (χ3v) is 4.35. The number of halogens is 1. The number of rotatable bonds is 7. The minimum Gasteiger partial charge on any atom is -0.307 e. The molecular weight excluding hydrogens is 330 g/mol. The lowest BCUT2D eigenvalue weighted by atomic mass is 10.1. The fourth-order valence-electron chi connectivity index (χ4n) is 2.30. The lowest BCUT2D eigenvalue weighted by Crippen LogP contribution is -2.26. The zero-order valence-electron chi connectivity index (χ0n) is 12.8. The fraction of sp³-hybridized carbons (Fsp3) is 0.533. The number of hydrogen-bond acceptors (Lipinski definition) is 4. The van der Waals surface area contributed by atoms with Crippen LogP contribution >= 0.6 is 15.9 Å². The topological polar surface area (TPSA) is 55.6 Å². The van der Waals surface area contributed by atoms with Gasteiger partial charge in [-0.05, 0) is 41.4 Å². The maximum atomic E-state index is 4.56. The molecule has 0 saturated heterocycles. The van der Waals surface area contributed by atoms with Crippen LogP contribution in [-0.4, -0.2) is 26.3 Å². The molecule has 1 atom stereocenters. The summed E-state index contributed by atoms with van der Waals surface area (Å²) in [7, 11) is 1.99. The fourth-order valence-corrected chi connectivity index (χ4v) is 3.08. The van der Waals surface area contributed by atoms with Gasteiger partial charge in [-0.2, -0.15) is 5.10 Å². The van der Waals surface area contributed by atoms with Gasteiger partial charge in [-0.1, -0.05) is 13.8 Å². The number of nitrogens with one attached hydrogen (secondary N) is 1. The van der Waals surface area contributed by atoms with E-state index in [1.54, 1.807) is 12.4 Å². The highest BCUT2D eigenvalue weighted by atomic mass is 79.9. The smallest absolute Gasteiger partial charge is 0.145 e. The molecule has 0 aliphatic carbocycles. The van der Waals surface area contributed by atoms with Gasteiger partial charge in [0, 0.05) is 25.9 Å². The summed E-state index contributed by atoms with van der Waals surface area (Å²) in [5, 5.41) is 8.09. The highest BCUT2D eigenvalue weighted by molar-refractivity contribution is 9.10. The molecule has 2 aromatic rings. The minimum absolute atomic E-state index is 0.0996. The molecule has 0 saturated carbocycles. The summed E-state index contributed by atoms with van der Waals surface area (Å²) in [5.74, 6) is 0.831. The standard InChI is InChI=1S/C15H22BrN5/c1-4-7-17-12(15-18-8-6-9-19-15)10-13-14(16)11(5-2)20-21(13)3/h6,8-9,12,17H,4-5,7,10H2,1-3H3. The molecule has 2 aromatic heterocycles. The molecule has 1 unspecified atom stereocenters. The Morgan fingerprint density at radius 3 is 2.57 bits per heavy atom. The van der Waals surface area contributed by atoms with E-state index in [-0.39, 0.29) is 6.04 Å². The van der Waals surface area contributed by atoms with Crippen LogP contribution in [-0.2, 0) is 19.9 Å². The molecule has 0 amide bonds. The van der Waals surface area contributed by atoms with Crippen molar-refractivity contribution in [2.45, 2.75) is 39.2 Å². The molecule has 2 rings (SSSR count). The lowest BCUT2D eigenvalue weighted by Gasteiger charge is -2.17. The van der Waals surface area contributed by atoms with Gasteiger partial charge in [0.1, 0.15) is 5.82 Å².